The molecule has 0 unspecified atom stereocenters. The van der Waals surface area contributed by atoms with Crippen LogP contribution in [-0.2, 0) is 4.74 Å². The topological polar surface area (TPSA) is 70.2 Å². The molecule has 2 aliphatic rings. The van der Waals surface area contributed by atoms with Crippen LogP contribution >= 0.6 is 0 Å². The summed E-state index contributed by atoms with van der Waals surface area (Å²) in [6.45, 7) is 3.50. The average molecular weight is 379 g/mol. The van der Waals surface area contributed by atoms with E-state index in [-0.39, 0.29) is 6.04 Å². The number of morpholine rings is 1. The summed E-state index contributed by atoms with van der Waals surface area (Å²) in [4.78, 5) is 5.95. The van der Waals surface area contributed by atoms with Gasteiger partial charge in [0.1, 0.15) is 13.1 Å². The van der Waals surface area contributed by atoms with Crippen LogP contribution in [0.15, 0.2) is 36.5 Å². The summed E-state index contributed by atoms with van der Waals surface area (Å²) < 4.78 is 7.76. The highest BCUT2D eigenvalue weighted by molar-refractivity contribution is 5.79. The van der Waals surface area contributed by atoms with Gasteiger partial charge in [-0.3, -0.25) is 4.98 Å². The zero-order valence-corrected chi connectivity index (χ0v) is 16.1. The van der Waals surface area contributed by atoms with Crippen LogP contribution in [0, 0.1) is 0 Å². The molecule has 7 nitrogen and oxygen atoms in total. The second kappa shape index (κ2) is 7.93. The Labute approximate surface area is 164 Å². The zero-order chi connectivity index (χ0) is 18.8. The van der Waals surface area contributed by atoms with Crippen LogP contribution in [0.25, 0.3) is 10.9 Å². The second-order valence-electron chi connectivity index (χ2n) is 7.93. The summed E-state index contributed by atoms with van der Waals surface area (Å²) >= 11 is 0. The standard InChI is InChI=1S/C21H26N6O/c1-2-6-18(7-3-1)27-21(23-24-25-27)20(26-11-13-28-14-12-26)17-8-9-19-16(15-17)5-4-10-22-19/h4-5,8-10,15,18,20H,1-3,6-7,11-14H2/p+1/t20-/m0/s1. The van der Waals surface area contributed by atoms with Gasteiger partial charge in [-0.05, 0) is 41.5 Å². The van der Waals surface area contributed by atoms with Crippen molar-refractivity contribution < 1.29 is 9.64 Å². The van der Waals surface area contributed by atoms with Gasteiger partial charge in [0, 0.05) is 17.1 Å². The van der Waals surface area contributed by atoms with Crippen LogP contribution < -0.4 is 4.90 Å². The first-order chi connectivity index (χ1) is 13.9. The van der Waals surface area contributed by atoms with Gasteiger partial charge in [-0.25, -0.2) is 4.68 Å². The summed E-state index contributed by atoms with van der Waals surface area (Å²) in [5, 5.41) is 14.3. The van der Waals surface area contributed by atoms with Crippen molar-refractivity contribution in [3.05, 3.63) is 47.9 Å². The molecule has 1 saturated carbocycles. The Kier molecular flexibility index (Phi) is 5.01. The van der Waals surface area contributed by atoms with E-state index in [0.717, 1.165) is 43.0 Å². The molecule has 0 radical (unpaired) electrons. The average Bonchev–Trinajstić information content (AvgIpc) is 3.25. The molecular weight excluding hydrogens is 352 g/mol. The van der Waals surface area contributed by atoms with Crippen molar-refractivity contribution in [2.45, 2.75) is 44.2 Å². The van der Waals surface area contributed by atoms with E-state index >= 15 is 0 Å². The molecule has 1 aliphatic carbocycles. The molecule has 5 rings (SSSR count). The summed E-state index contributed by atoms with van der Waals surface area (Å²) in [6.07, 6.45) is 8.04. The van der Waals surface area contributed by atoms with Crippen molar-refractivity contribution in [2.75, 3.05) is 26.3 Å². The molecule has 0 amide bonds. The van der Waals surface area contributed by atoms with E-state index in [2.05, 4.69) is 49.5 Å². The molecule has 2 fully saturated rings. The third-order valence-electron chi connectivity index (χ3n) is 6.20. The van der Waals surface area contributed by atoms with E-state index in [1.165, 1.54) is 42.6 Å². The van der Waals surface area contributed by atoms with Crippen LogP contribution in [-0.4, -0.2) is 51.5 Å². The van der Waals surface area contributed by atoms with Crippen molar-refractivity contribution in [3.8, 4) is 0 Å². The Morgan fingerprint density at radius 2 is 1.93 bits per heavy atom. The third kappa shape index (κ3) is 3.40. The highest BCUT2D eigenvalue weighted by atomic mass is 16.5. The minimum atomic E-state index is 0.116. The predicted molar refractivity (Wildman–Crippen MR) is 105 cm³/mol. The largest absolute Gasteiger partial charge is 0.370 e. The van der Waals surface area contributed by atoms with E-state index in [4.69, 9.17) is 4.74 Å². The normalized spacial score (nSPS) is 20.4. The molecule has 1 saturated heterocycles. The van der Waals surface area contributed by atoms with E-state index in [1.807, 2.05) is 12.3 Å². The smallest absolute Gasteiger partial charge is 0.214 e. The third-order valence-corrected chi connectivity index (χ3v) is 6.20. The summed E-state index contributed by atoms with van der Waals surface area (Å²) in [5.74, 6) is 0.993. The number of hydrogen-bond donors (Lipinski definition) is 1. The van der Waals surface area contributed by atoms with Gasteiger partial charge in [0.2, 0.25) is 5.82 Å². The van der Waals surface area contributed by atoms with Crippen LogP contribution in [0.3, 0.4) is 0 Å². The van der Waals surface area contributed by atoms with Crippen LogP contribution in [0.4, 0.5) is 0 Å². The Hall–Kier alpha value is -2.38. The maximum Gasteiger partial charge on any atom is 0.214 e. The minimum Gasteiger partial charge on any atom is -0.370 e. The number of quaternary nitrogens is 1. The number of pyridine rings is 1. The second-order valence-corrected chi connectivity index (χ2v) is 7.93. The Morgan fingerprint density at radius 1 is 1.07 bits per heavy atom. The minimum absolute atomic E-state index is 0.116. The number of nitrogens with zero attached hydrogens (tertiary/aromatic N) is 5. The lowest BCUT2D eigenvalue weighted by Gasteiger charge is -2.32. The summed E-state index contributed by atoms with van der Waals surface area (Å²) in [6, 6.07) is 11.2. The van der Waals surface area contributed by atoms with Crippen LogP contribution in [0.1, 0.15) is 55.6 Å². The van der Waals surface area contributed by atoms with Gasteiger partial charge in [0.05, 0.1) is 24.8 Å². The molecule has 1 aliphatic heterocycles. The lowest BCUT2D eigenvalue weighted by Crippen LogP contribution is -3.14. The van der Waals surface area contributed by atoms with Gasteiger partial charge in [-0.2, -0.15) is 0 Å². The molecule has 3 heterocycles. The van der Waals surface area contributed by atoms with Gasteiger partial charge < -0.3 is 9.64 Å². The summed E-state index contributed by atoms with van der Waals surface area (Å²) in [7, 11) is 0. The highest BCUT2D eigenvalue weighted by Crippen LogP contribution is 2.30. The Balaban J connectivity index is 1.57. The fraction of sp³-hybridized carbons (Fsp3) is 0.524. The van der Waals surface area contributed by atoms with E-state index in [0.29, 0.717) is 6.04 Å². The number of aromatic nitrogens is 5. The number of rotatable bonds is 4. The first kappa shape index (κ1) is 17.7. The van der Waals surface area contributed by atoms with Gasteiger partial charge in [0.15, 0.2) is 6.04 Å². The number of nitrogens with one attached hydrogen (secondary N) is 1. The number of ether oxygens (including phenoxy) is 1. The number of fused-ring (bicyclic) bond motifs is 1. The van der Waals surface area contributed by atoms with Crippen molar-refractivity contribution in [1.82, 2.24) is 25.2 Å². The van der Waals surface area contributed by atoms with E-state index in [9.17, 15) is 0 Å². The number of benzene rings is 1. The lowest BCUT2D eigenvalue weighted by atomic mass is 9.95. The van der Waals surface area contributed by atoms with Crippen molar-refractivity contribution in [1.29, 1.82) is 0 Å². The maximum absolute atomic E-state index is 5.63. The van der Waals surface area contributed by atoms with Crippen LogP contribution in [0.5, 0.6) is 0 Å². The molecule has 1 atom stereocenters. The monoisotopic (exact) mass is 379 g/mol. The fourth-order valence-electron chi connectivity index (χ4n) is 4.74. The molecule has 7 heteroatoms. The maximum atomic E-state index is 5.63. The van der Waals surface area contributed by atoms with Gasteiger partial charge in [-0.15, -0.1) is 5.10 Å². The molecule has 0 spiro atoms. The SMILES string of the molecule is c1cnc2ccc([C@@H](c3nnnn3C3CCCCC3)[NH+]3CCOCC3)cc2c1. The van der Waals surface area contributed by atoms with E-state index in [1.54, 1.807) is 0 Å². The lowest BCUT2D eigenvalue weighted by molar-refractivity contribution is -0.933. The van der Waals surface area contributed by atoms with Gasteiger partial charge in [0.25, 0.3) is 0 Å². The molecule has 1 N–H and O–H groups in total. The quantitative estimate of drug-likeness (QED) is 0.748. The molecule has 28 heavy (non-hydrogen) atoms. The Morgan fingerprint density at radius 3 is 2.79 bits per heavy atom. The van der Waals surface area contributed by atoms with Gasteiger partial charge >= 0.3 is 0 Å². The zero-order valence-electron chi connectivity index (χ0n) is 16.1. The molecule has 146 valence electrons. The highest BCUT2D eigenvalue weighted by Gasteiger charge is 2.34. The molecule has 1 aromatic carbocycles. The Bertz CT molecular complexity index is 929. The molecule has 2 aromatic heterocycles. The van der Waals surface area contributed by atoms with Gasteiger partial charge in [-0.1, -0.05) is 31.4 Å². The number of hydrogen-bond acceptors (Lipinski definition) is 5. The summed E-state index contributed by atoms with van der Waals surface area (Å²) in [5.41, 5.74) is 2.28. The molecular formula is C21H27N6O+. The first-order valence-electron chi connectivity index (χ1n) is 10.4. The van der Waals surface area contributed by atoms with Crippen molar-refractivity contribution in [3.63, 3.8) is 0 Å². The molecule has 3 aromatic rings. The number of tetrazole rings is 1. The van der Waals surface area contributed by atoms with Crippen LogP contribution in [0.2, 0.25) is 0 Å². The van der Waals surface area contributed by atoms with E-state index < -0.39 is 0 Å². The molecule has 0 bridgehead atoms. The predicted octanol–water partition coefficient (Wildman–Crippen LogP) is 1.73. The van der Waals surface area contributed by atoms with Crippen molar-refractivity contribution in [2.24, 2.45) is 0 Å². The fourth-order valence-corrected chi connectivity index (χ4v) is 4.74. The van der Waals surface area contributed by atoms with Crippen molar-refractivity contribution >= 4 is 10.9 Å². The first-order valence-corrected chi connectivity index (χ1v) is 10.4.